The first-order valence-corrected chi connectivity index (χ1v) is 9.28. The van der Waals surface area contributed by atoms with Gasteiger partial charge in [-0.2, -0.15) is 0 Å². The maximum Gasteiger partial charge on any atom is 0.207 e. The van der Waals surface area contributed by atoms with Crippen molar-refractivity contribution in [1.82, 2.24) is 0 Å². The van der Waals surface area contributed by atoms with Gasteiger partial charge in [-0.25, -0.2) is 9.78 Å². The Kier molecular flexibility index (Phi) is 3.33. The number of ether oxygens (including phenoxy) is 1. The summed E-state index contributed by atoms with van der Waals surface area (Å²) in [5.74, 6) is 2.77. The quantitative estimate of drug-likeness (QED) is 0.762. The highest BCUT2D eigenvalue weighted by molar-refractivity contribution is 5.20. The van der Waals surface area contributed by atoms with Crippen molar-refractivity contribution in [3.63, 3.8) is 0 Å². The van der Waals surface area contributed by atoms with Gasteiger partial charge in [-0.15, -0.1) is 0 Å². The Morgan fingerprint density at radius 1 is 0.957 bits per heavy atom. The lowest BCUT2D eigenvalue weighted by Crippen LogP contribution is -2.63. The molecule has 4 bridgehead atoms. The van der Waals surface area contributed by atoms with Crippen LogP contribution in [-0.2, 0) is 14.5 Å². The Labute approximate surface area is 138 Å². The zero-order valence-electron chi connectivity index (χ0n) is 13.8. The Morgan fingerprint density at radius 3 is 2.17 bits per heavy atom. The third-order valence-electron chi connectivity index (χ3n) is 6.93. The van der Waals surface area contributed by atoms with E-state index in [1.54, 1.807) is 0 Å². The first-order valence-electron chi connectivity index (χ1n) is 9.28. The largest absolute Gasteiger partial charge is 0.344 e. The fourth-order valence-corrected chi connectivity index (χ4v) is 5.81. The SMILES string of the molecule is C[C@H](c1ccccc1)[C@H]1COC2(OO1)C1CC3CC(C1)CC2C3. The summed E-state index contributed by atoms with van der Waals surface area (Å²) in [7, 11) is 0. The zero-order valence-corrected chi connectivity index (χ0v) is 13.8. The second-order valence-electron chi connectivity index (χ2n) is 8.25. The molecule has 6 rings (SSSR count). The van der Waals surface area contributed by atoms with Crippen molar-refractivity contribution < 1.29 is 14.5 Å². The molecular formula is C20H26O3. The molecule has 0 radical (unpaired) electrons. The molecule has 23 heavy (non-hydrogen) atoms. The molecular weight excluding hydrogens is 288 g/mol. The van der Waals surface area contributed by atoms with E-state index in [2.05, 4.69) is 37.3 Å². The second-order valence-corrected chi connectivity index (χ2v) is 8.25. The van der Waals surface area contributed by atoms with Gasteiger partial charge in [0.1, 0.15) is 6.10 Å². The summed E-state index contributed by atoms with van der Waals surface area (Å²) in [6, 6.07) is 10.5. The molecule has 1 saturated heterocycles. The van der Waals surface area contributed by atoms with E-state index in [-0.39, 0.29) is 12.0 Å². The van der Waals surface area contributed by atoms with Crippen molar-refractivity contribution in [3.05, 3.63) is 35.9 Å². The van der Waals surface area contributed by atoms with Crippen LogP contribution in [-0.4, -0.2) is 18.5 Å². The fourth-order valence-electron chi connectivity index (χ4n) is 5.81. The topological polar surface area (TPSA) is 27.7 Å². The molecule has 1 spiro atoms. The molecule has 2 atom stereocenters. The third kappa shape index (κ3) is 2.20. The van der Waals surface area contributed by atoms with Crippen molar-refractivity contribution >= 4 is 0 Å². The van der Waals surface area contributed by atoms with Crippen LogP contribution in [0.2, 0.25) is 0 Å². The van der Waals surface area contributed by atoms with Crippen LogP contribution in [0, 0.1) is 23.7 Å². The van der Waals surface area contributed by atoms with Gasteiger partial charge in [-0.05, 0) is 49.5 Å². The van der Waals surface area contributed by atoms with Crippen molar-refractivity contribution in [1.29, 1.82) is 0 Å². The van der Waals surface area contributed by atoms with Crippen molar-refractivity contribution in [2.75, 3.05) is 6.61 Å². The van der Waals surface area contributed by atoms with Crippen LogP contribution in [0.3, 0.4) is 0 Å². The van der Waals surface area contributed by atoms with E-state index >= 15 is 0 Å². The molecule has 3 heteroatoms. The molecule has 5 fully saturated rings. The number of hydrogen-bond donors (Lipinski definition) is 0. The van der Waals surface area contributed by atoms with Crippen LogP contribution >= 0.6 is 0 Å². The molecule has 4 saturated carbocycles. The van der Waals surface area contributed by atoms with Crippen LogP contribution in [0.5, 0.6) is 0 Å². The average Bonchev–Trinajstić information content (AvgIpc) is 2.60. The first-order chi connectivity index (χ1) is 11.2. The normalized spacial score (nSPS) is 46.2. The Hall–Kier alpha value is -0.900. The molecule has 0 amide bonds. The molecule has 0 unspecified atom stereocenters. The molecule has 124 valence electrons. The second kappa shape index (κ2) is 5.30. The lowest BCUT2D eigenvalue weighted by atomic mass is 9.53. The van der Waals surface area contributed by atoms with Gasteiger partial charge in [0.15, 0.2) is 0 Å². The molecule has 1 aromatic carbocycles. The minimum absolute atomic E-state index is 0.0137. The van der Waals surface area contributed by atoms with Gasteiger partial charge in [-0.3, -0.25) is 0 Å². The molecule has 1 aliphatic heterocycles. The van der Waals surface area contributed by atoms with Crippen molar-refractivity contribution in [2.45, 2.75) is 56.8 Å². The standard InChI is InChI=1S/C20H26O3/c1-13(16-5-3-2-4-6-16)19-12-21-20(23-22-19)17-8-14-7-15(10-17)11-18(20)9-14/h2-6,13-15,17-19H,7-12H2,1H3/t13-,14?,15?,17?,18?,19-,20?/m1/s1. The smallest absolute Gasteiger partial charge is 0.207 e. The molecule has 0 aromatic heterocycles. The van der Waals surface area contributed by atoms with Crippen LogP contribution in [0.1, 0.15) is 50.5 Å². The summed E-state index contributed by atoms with van der Waals surface area (Å²) >= 11 is 0. The monoisotopic (exact) mass is 314 g/mol. The number of rotatable bonds is 2. The van der Waals surface area contributed by atoms with E-state index in [4.69, 9.17) is 14.5 Å². The van der Waals surface area contributed by atoms with E-state index in [0.717, 1.165) is 11.8 Å². The van der Waals surface area contributed by atoms with Gasteiger partial charge in [0.05, 0.1) is 6.61 Å². The van der Waals surface area contributed by atoms with Gasteiger partial charge in [0.25, 0.3) is 0 Å². The summed E-state index contributed by atoms with van der Waals surface area (Å²) in [6.07, 6.45) is 6.52. The van der Waals surface area contributed by atoms with Gasteiger partial charge in [-0.1, -0.05) is 37.3 Å². The summed E-state index contributed by atoms with van der Waals surface area (Å²) in [4.78, 5) is 12.0. The average molecular weight is 314 g/mol. The highest BCUT2D eigenvalue weighted by Crippen LogP contribution is 2.60. The molecule has 4 aliphatic carbocycles. The Balaban J connectivity index is 1.31. The van der Waals surface area contributed by atoms with Crippen molar-refractivity contribution in [3.8, 4) is 0 Å². The van der Waals surface area contributed by atoms with E-state index < -0.39 is 5.79 Å². The van der Waals surface area contributed by atoms with Crippen LogP contribution in [0.25, 0.3) is 0 Å². The number of benzene rings is 1. The Bertz CT molecular complexity index is 532. The van der Waals surface area contributed by atoms with Gasteiger partial charge < -0.3 is 4.74 Å². The lowest BCUT2D eigenvalue weighted by molar-refractivity contribution is -0.526. The predicted molar refractivity (Wildman–Crippen MR) is 86.5 cm³/mol. The highest BCUT2D eigenvalue weighted by Gasteiger charge is 2.61. The van der Waals surface area contributed by atoms with E-state index in [1.807, 2.05) is 0 Å². The van der Waals surface area contributed by atoms with Gasteiger partial charge in [0, 0.05) is 17.8 Å². The summed E-state index contributed by atoms with van der Waals surface area (Å²) < 4.78 is 6.45. The predicted octanol–water partition coefficient (Wildman–Crippen LogP) is 4.29. The molecule has 0 N–H and O–H groups in total. The summed E-state index contributed by atoms with van der Waals surface area (Å²) in [6.45, 7) is 2.85. The molecule has 5 aliphatic rings. The first kappa shape index (κ1) is 14.4. The van der Waals surface area contributed by atoms with Crippen molar-refractivity contribution in [2.24, 2.45) is 23.7 Å². The minimum atomic E-state index is -0.430. The Morgan fingerprint density at radius 2 is 1.61 bits per heavy atom. The molecule has 3 nitrogen and oxygen atoms in total. The van der Waals surface area contributed by atoms with Gasteiger partial charge in [0.2, 0.25) is 5.79 Å². The zero-order chi connectivity index (χ0) is 15.4. The van der Waals surface area contributed by atoms with E-state index in [0.29, 0.717) is 18.4 Å². The molecule has 1 aromatic rings. The lowest BCUT2D eigenvalue weighted by Gasteiger charge is -2.60. The summed E-state index contributed by atoms with van der Waals surface area (Å²) in [5, 5.41) is 0. The van der Waals surface area contributed by atoms with Gasteiger partial charge >= 0.3 is 0 Å². The van der Waals surface area contributed by atoms with E-state index in [9.17, 15) is 0 Å². The number of hydrogen-bond acceptors (Lipinski definition) is 3. The highest BCUT2D eigenvalue weighted by atomic mass is 17.2. The van der Waals surface area contributed by atoms with E-state index in [1.165, 1.54) is 37.7 Å². The third-order valence-corrected chi connectivity index (χ3v) is 6.93. The molecule has 1 heterocycles. The van der Waals surface area contributed by atoms with Crippen LogP contribution < -0.4 is 0 Å². The maximum atomic E-state index is 6.45. The minimum Gasteiger partial charge on any atom is -0.344 e. The summed E-state index contributed by atoms with van der Waals surface area (Å²) in [5.41, 5.74) is 1.28. The van der Waals surface area contributed by atoms with Crippen LogP contribution in [0.4, 0.5) is 0 Å². The van der Waals surface area contributed by atoms with Crippen LogP contribution in [0.15, 0.2) is 30.3 Å². The maximum absolute atomic E-state index is 6.45. The fraction of sp³-hybridized carbons (Fsp3) is 0.700.